The van der Waals surface area contributed by atoms with E-state index in [1.165, 1.54) is 41.1 Å². The Balaban J connectivity index is 1.40. The summed E-state index contributed by atoms with van der Waals surface area (Å²) in [7, 11) is 0. The number of hydrogen-bond acceptors (Lipinski definition) is 5. The van der Waals surface area contributed by atoms with E-state index in [0.29, 0.717) is 12.1 Å². The van der Waals surface area contributed by atoms with Crippen molar-refractivity contribution in [3.05, 3.63) is 16.0 Å². The van der Waals surface area contributed by atoms with Crippen LogP contribution in [0.25, 0.3) is 0 Å². The molecule has 1 saturated heterocycles. The Labute approximate surface area is 167 Å². The van der Waals surface area contributed by atoms with Crippen LogP contribution in [-0.2, 0) is 11.2 Å². The molecule has 1 amide bonds. The van der Waals surface area contributed by atoms with Crippen LogP contribution < -0.4 is 10.2 Å². The van der Waals surface area contributed by atoms with Crippen molar-refractivity contribution in [1.82, 2.24) is 10.2 Å². The van der Waals surface area contributed by atoms with Crippen LogP contribution in [0.5, 0.6) is 0 Å². The maximum Gasteiger partial charge on any atom is 0.252 e. The SMILES string of the molecule is CCOC1CN([C@H]2CC[C@H](N(CC)c3sc4c(c3C)C(=O)NCC4)CC2)C1. The Morgan fingerprint density at radius 1 is 1.22 bits per heavy atom. The molecule has 5 nitrogen and oxygen atoms in total. The summed E-state index contributed by atoms with van der Waals surface area (Å²) in [5, 5.41) is 4.34. The molecule has 1 aromatic heterocycles. The van der Waals surface area contributed by atoms with Crippen LogP contribution in [-0.4, -0.2) is 61.8 Å². The molecule has 1 aliphatic carbocycles. The predicted octanol–water partition coefficient (Wildman–Crippen LogP) is 3.20. The molecule has 1 saturated carbocycles. The molecule has 6 heteroatoms. The molecule has 0 radical (unpaired) electrons. The van der Waals surface area contributed by atoms with E-state index in [2.05, 4.69) is 35.9 Å². The van der Waals surface area contributed by atoms with Gasteiger partial charge in [0.25, 0.3) is 5.91 Å². The number of hydrogen-bond donors (Lipinski definition) is 1. The second kappa shape index (κ2) is 8.10. The lowest BCUT2D eigenvalue weighted by Crippen LogP contribution is -2.57. The maximum absolute atomic E-state index is 12.3. The third-order valence-electron chi connectivity index (χ3n) is 6.56. The van der Waals surface area contributed by atoms with Crippen LogP contribution in [0, 0.1) is 6.92 Å². The van der Waals surface area contributed by atoms with Gasteiger partial charge >= 0.3 is 0 Å². The zero-order valence-corrected chi connectivity index (χ0v) is 17.7. The molecule has 0 unspecified atom stereocenters. The first-order valence-electron chi connectivity index (χ1n) is 10.6. The smallest absolute Gasteiger partial charge is 0.252 e. The topological polar surface area (TPSA) is 44.8 Å². The molecular formula is C21H33N3O2S. The highest BCUT2D eigenvalue weighted by Crippen LogP contribution is 2.40. The highest BCUT2D eigenvalue weighted by atomic mass is 32.1. The summed E-state index contributed by atoms with van der Waals surface area (Å²) in [4.78, 5) is 18.8. The van der Waals surface area contributed by atoms with E-state index < -0.39 is 0 Å². The lowest BCUT2D eigenvalue weighted by atomic mass is 9.87. The molecule has 4 rings (SSSR count). The fourth-order valence-electron chi connectivity index (χ4n) is 5.10. The van der Waals surface area contributed by atoms with E-state index >= 15 is 0 Å². The molecule has 0 aromatic carbocycles. The van der Waals surface area contributed by atoms with Gasteiger partial charge in [0.2, 0.25) is 0 Å². The van der Waals surface area contributed by atoms with Gasteiger partial charge in [-0.3, -0.25) is 9.69 Å². The summed E-state index contributed by atoms with van der Waals surface area (Å²) >= 11 is 1.86. The van der Waals surface area contributed by atoms with Gasteiger partial charge in [0.15, 0.2) is 0 Å². The standard InChI is InChI=1S/C21H33N3O2S/c1-4-24(21-14(3)19-18(27-21)10-11-22-20(19)25)16-8-6-15(7-9-16)23-12-17(13-23)26-5-2/h15-17H,4-13H2,1-3H3,(H,22,25)/t15-,16-. The Morgan fingerprint density at radius 2 is 1.96 bits per heavy atom. The zero-order valence-electron chi connectivity index (χ0n) is 16.9. The van der Waals surface area contributed by atoms with E-state index in [1.54, 1.807) is 0 Å². The number of nitrogens with one attached hydrogen (secondary N) is 1. The van der Waals surface area contributed by atoms with E-state index in [1.807, 2.05) is 11.3 Å². The van der Waals surface area contributed by atoms with Crippen molar-refractivity contribution >= 4 is 22.2 Å². The van der Waals surface area contributed by atoms with Crippen LogP contribution in [0.2, 0.25) is 0 Å². The number of amides is 1. The van der Waals surface area contributed by atoms with Crippen molar-refractivity contribution in [2.45, 2.75) is 71.1 Å². The highest BCUT2D eigenvalue weighted by molar-refractivity contribution is 7.16. The first-order valence-corrected chi connectivity index (χ1v) is 11.5. The summed E-state index contributed by atoms with van der Waals surface area (Å²) in [5.74, 6) is 0.123. The van der Waals surface area contributed by atoms with Crippen molar-refractivity contribution < 1.29 is 9.53 Å². The van der Waals surface area contributed by atoms with E-state index in [-0.39, 0.29) is 5.91 Å². The number of nitrogens with zero attached hydrogens (tertiary/aromatic N) is 2. The molecule has 3 heterocycles. The second-order valence-corrected chi connectivity index (χ2v) is 9.20. The van der Waals surface area contributed by atoms with Crippen molar-refractivity contribution in [1.29, 1.82) is 0 Å². The molecule has 2 fully saturated rings. The number of ether oxygens (including phenoxy) is 1. The summed E-state index contributed by atoms with van der Waals surface area (Å²) in [6.45, 7) is 11.3. The molecule has 3 aliphatic rings. The normalized spacial score (nSPS) is 26.4. The predicted molar refractivity (Wildman–Crippen MR) is 111 cm³/mol. The van der Waals surface area contributed by atoms with Crippen molar-refractivity contribution in [2.75, 3.05) is 37.7 Å². The van der Waals surface area contributed by atoms with Crippen LogP contribution in [0.4, 0.5) is 5.00 Å². The minimum Gasteiger partial charge on any atom is -0.376 e. The third-order valence-corrected chi connectivity index (χ3v) is 7.95. The van der Waals surface area contributed by atoms with E-state index in [9.17, 15) is 4.79 Å². The average molecular weight is 392 g/mol. The molecule has 0 bridgehead atoms. The molecule has 1 N–H and O–H groups in total. The van der Waals surface area contributed by atoms with Crippen molar-refractivity contribution in [3.63, 3.8) is 0 Å². The maximum atomic E-state index is 12.3. The molecule has 27 heavy (non-hydrogen) atoms. The average Bonchev–Trinajstić information content (AvgIpc) is 2.97. The molecule has 0 atom stereocenters. The first-order chi connectivity index (χ1) is 13.1. The Bertz CT molecular complexity index is 675. The molecule has 0 spiro atoms. The second-order valence-electron chi connectivity index (χ2n) is 8.12. The Kier molecular flexibility index (Phi) is 5.76. The van der Waals surface area contributed by atoms with E-state index in [4.69, 9.17) is 4.74 Å². The van der Waals surface area contributed by atoms with Crippen LogP contribution in [0.15, 0.2) is 0 Å². The minimum atomic E-state index is 0.123. The van der Waals surface area contributed by atoms with Gasteiger partial charge in [-0.2, -0.15) is 0 Å². The van der Waals surface area contributed by atoms with Gasteiger partial charge < -0.3 is 15.0 Å². The fraction of sp³-hybridized carbons (Fsp3) is 0.762. The number of fused-ring (bicyclic) bond motifs is 1. The summed E-state index contributed by atoms with van der Waals surface area (Å²) in [5.41, 5.74) is 2.15. The Morgan fingerprint density at radius 3 is 2.59 bits per heavy atom. The number of thiophene rings is 1. The third kappa shape index (κ3) is 3.64. The van der Waals surface area contributed by atoms with Gasteiger partial charge in [0.1, 0.15) is 0 Å². The van der Waals surface area contributed by atoms with Gasteiger partial charge in [0.05, 0.1) is 16.7 Å². The summed E-state index contributed by atoms with van der Waals surface area (Å²) in [6.07, 6.45) is 6.51. The number of anilines is 1. The van der Waals surface area contributed by atoms with Crippen LogP contribution >= 0.6 is 11.3 Å². The quantitative estimate of drug-likeness (QED) is 0.809. The molecule has 150 valence electrons. The van der Waals surface area contributed by atoms with Gasteiger partial charge in [0, 0.05) is 56.2 Å². The van der Waals surface area contributed by atoms with Gasteiger partial charge in [-0.25, -0.2) is 0 Å². The number of likely N-dealkylation sites (tertiary alicyclic amines) is 1. The van der Waals surface area contributed by atoms with Gasteiger partial charge in [-0.15, -0.1) is 11.3 Å². The van der Waals surface area contributed by atoms with Gasteiger partial charge in [-0.05, 0) is 52.0 Å². The highest BCUT2D eigenvalue weighted by Gasteiger charge is 2.36. The summed E-state index contributed by atoms with van der Waals surface area (Å²) in [6, 6.07) is 1.34. The lowest BCUT2D eigenvalue weighted by molar-refractivity contribution is -0.0738. The monoisotopic (exact) mass is 391 g/mol. The lowest BCUT2D eigenvalue weighted by Gasteiger charge is -2.47. The van der Waals surface area contributed by atoms with Crippen LogP contribution in [0.1, 0.15) is 60.3 Å². The first kappa shape index (κ1) is 19.2. The molecular weight excluding hydrogens is 358 g/mol. The molecule has 1 aromatic rings. The number of carbonyl (C=O) groups excluding carboxylic acids is 1. The number of rotatable bonds is 6. The number of carbonyl (C=O) groups is 1. The van der Waals surface area contributed by atoms with E-state index in [0.717, 1.165) is 50.8 Å². The molecule has 2 aliphatic heterocycles. The Hall–Kier alpha value is -1.11. The summed E-state index contributed by atoms with van der Waals surface area (Å²) < 4.78 is 5.71. The van der Waals surface area contributed by atoms with Crippen molar-refractivity contribution in [3.8, 4) is 0 Å². The zero-order chi connectivity index (χ0) is 19.0. The largest absolute Gasteiger partial charge is 0.376 e. The van der Waals surface area contributed by atoms with Gasteiger partial charge in [-0.1, -0.05) is 0 Å². The fourth-order valence-corrected chi connectivity index (χ4v) is 6.53. The van der Waals surface area contributed by atoms with Crippen molar-refractivity contribution in [2.24, 2.45) is 0 Å². The van der Waals surface area contributed by atoms with Crippen LogP contribution in [0.3, 0.4) is 0 Å². The minimum absolute atomic E-state index is 0.123.